The summed E-state index contributed by atoms with van der Waals surface area (Å²) in [6.07, 6.45) is 4.65. The topological polar surface area (TPSA) is 49.8 Å². The van der Waals surface area contributed by atoms with Gasteiger partial charge < -0.3 is 10.6 Å². The van der Waals surface area contributed by atoms with E-state index in [4.69, 9.17) is 16.6 Å². The van der Waals surface area contributed by atoms with Crippen LogP contribution in [-0.2, 0) is 12.0 Å². The molecule has 0 radical (unpaired) electrons. The molecule has 25 heavy (non-hydrogen) atoms. The molecule has 0 amide bonds. The van der Waals surface area contributed by atoms with E-state index in [1.807, 2.05) is 30.5 Å². The fourth-order valence-corrected chi connectivity index (χ4v) is 2.86. The van der Waals surface area contributed by atoms with Gasteiger partial charge in [-0.15, -0.1) is 12.4 Å². The highest BCUT2D eigenvalue weighted by Gasteiger charge is 2.23. The van der Waals surface area contributed by atoms with Gasteiger partial charge in [-0.05, 0) is 43.5 Å². The van der Waals surface area contributed by atoms with Crippen molar-refractivity contribution in [1.29, 1.82) is 0 Å². The van der Waals surface area contributed by atoms with E-state index in [9.17, 15) is 0 Å². The van der Waals surface area contributed by atoms with Crippen molar-refractivity contribution in [3.8, 4) is 0 Å². The van der Waals surface area contributed by atoms with Crippen LogP contribution in [0.2, 0.25) is 5.02 Å². The first-order chi connectivity index (χ1) is 11.4. The molecule has 6 heteroatoms. The zero-order valence-electron chi connectivity index (χ0n) is 15.0. The van der Waals surface area contributed by atoms with Gasteiger partial charge in [0.1, 0.15) is 0 Å². The molecular weight excluding hydrogens is 355 g/mol. The number of hydrogen-bond donors (Lipinski definition) is 2. The van der Waals surface area contributed by atoms with Crippen molar-refractivity contribution in [3.63, 3.8) is 0 Å². The van der Waals surface area contributed by atoms with Gasteiger partial charge in [0.15, 0.2) is 0 Å². The van der Waals surface area contributed by atoms with Crippen molar-refractivity contribution in [2.75, 3.05) is 11.9 Å². The second-order valence-corrected chi connectivity index (χ2v) is 7.96. The van der Waals surface area contributed by atoms with Gasteiger partial charge >= 0.3 is 0 Å². The lowest BCUT2D eigenvalue weighted by Crippen LogP contribution is -2.23. The first-order valence-corrected chi connectivity index (χ1v) is 8.89. The highest BCUT2D eigenvalue weighted by Crippen LogP contribution is 2.29. The van der Waals surface area contributed by atoms with Gasteiger partial charge in [0.05, 0.1) is 5.69 Å². The Hall–Kier alpha value is -1.36. The predicted octanol–water partition coefficient (Wildman–Crippen LogP) is 5.09. The van der Waals surface area contributed by atoms with Crippen molar-refractivity contribution in [3.05, 3.63) is 46.7 Å². The van der Waals surface area contributed by atoms with Gasteiger partial charge in [-0.3, -0.25) is 0 Å². The SMILES string of the molecule is CC(C)(C)c1nc(Nc2cccc(Cl)c2)ncc1CNCC1CC1.Cl. The average molecular weight is 381 g/mol. The molecule has 0 atom stereocenters. The molecule has 1 fully saturated rings. The molecule has 136 valence electrons. The van der Waals surface area contributed by atoms with E-state index in [0.29, 0.717) is 11.0 Å². The fraction of sp³-hybridized carbons (Fsp3) is 0.474. The Labute approximate surface area is 161 Å². The number of nitrogens with one attached hydrogen (secondary N) is 2. The third-order valence-electron chi connectivity index (χ3n) is 4.10. The monoisotopic (exact) mass is 380 g/mol. The van der Waals surface area contributed by atoms with Crippen LogP contribution in [-0.4, -0.2) is 16.5 Å². The zero-order valence-corrected chi connectivity index (χ0v) is 16.5. The maximum atomic E-state index is 6.04. The smallest absolute Gasteiger partial charge is 0.227 e. The van der Waals surface area contributed by atoms with Crippen LogP contribution in [0.25, 0.3) is 0 Å². The molecule has 1 aliphatic carbocycles. The van der Waals surface area contributed by atoms with E-state index in [1.54, 1.807) is 0 Å². The first-order valence-electron chi connectivity index (χ1n) is 8.51. The number of halogens is 2. The summed E-state index contributed by atoms with van der Waals surface area (Å²) in [4.78, 5) is 9.26. The van der Waals surface area contributed by atoms with Gasteiger partial charge in [0, 0.05) is 34.4 Å². The molecule has 0 spiro atoms. The van der Waals surface area contributed by atoms with Gasteiger partial charge in [-0.2, -0.15) is 0 Å². The van der Waals surface area contributed by atoms with E-state index in [2.05, 4.69) is 36.4 Å². The Kier molecular flexibility index (Phi) is 6.66. The van der Waals surface area contributed by atoms with Crippen LogP contribution in [0.15, 0.2) is 30.5 Å². The standard InChI is InChI=1S/C19H25ClN4.ClH/c1-19(2,3)17-14(11-21-10-13-7-8-13)12-22-18(24-17)23-16-6-4-5-15(20)9-16;/h4-6,9,12-13,21H,7-8,10-11H2,1-3H3,(H,22,23,24);1H. The summed E-state index contributed by atoms with van der Waals surface area (Å²) in [6, 6.07) is 7.58. The summed E-state index contributed by atoms with van der Waals surface area (Å²) >= 11 is 6.04. The molecule has 1 saturated carbocycles. The van der Waals surface area contributed by atoms with Crippen LogP contribution < -0.4 is 10.6 Å². The van der Waals surface area contributed by atoms with Crippen molar-refractivity contribution in [1.82, 2.24) is 15.3 Å². The summed E-state index contributed by atoms with van der Waals surface area (Å²) in [5.41, 5.74) is 3.09. The van der Waals surface area contributed by atoms with Gasteiger partial charge in [0.25, 0.3) is 0 Å². The second-order valence-electron chi connectivity index (χ2n) is 7.53. The van der Waals surface area contributed by atoms with E-state index < -0.39 is 0 Å². The van der Waals surface area contributed by atoms with Gasteiger partial charge in [-0.25, -0.2) is 9.97 Å². The van der Waals surface area contributed by atoms with Crippen LogP contribution in [0, 0.1) is 5.92 Å². The van der Waals surface area contributed by atoms with E-state index >= 15 is 0 Å². The molecule has 1 aliphatic rings. The Balaban J connectivity index is 0.00000225. The molecule has 2 aromatic rings. The van der Waals surface area contributed by atoms with Crippen LogP contribution in [0.1, 0.15) is 44.9 Å². The second kappa shape index (κ2) is 8.35. The highest BCUT2D eigenvalue weighted by atomic mass is 35.5. The lowest BCUT2D eigenvalue weighted by Gasteiger charge is -2.22. The normalized spacial score (nSPS) is 14.1. The van der Waals surface area contributed by atoms with Gasteiger partial charge in [-0.1, -0.05) is 38.4 Å². The molecule has 4 nitrogen and oxygen atoms in total. The van der Waals surface area contributed by atoms with E-state index in [-0.39, 0.29) is 17.8 Å². The molecular formula is C19H26Cl2N4. The third kappa shape index (κ3) is 5.84. The maximum Gasteiger partial charge on any atom is 0.227 e. The highest BCUT2D eigenvalue weighted by molar-refractivity contribution is 6.30. The molecule has 1 heterocycles. The summed E-state index contributed by atoms with van der Waals surface area (Å²) < 4.78 is 0. The predicted molar refractivity (Wildman–Crippen MR) is 107 cm³/mol. The summed E-state index contributed by atoms with van der Waals surface area (Å²) in [5.74, 6) is 1.47. The number of aromatic nitrogens is 2. The molecule has 0 unspecified atom stereocenters. The minimum atomic E-state index is -0.0374. The third-order valence-corrected chi connectivity index (χ3v) is 4.34. The number of nitrogens with zero attached hydrogens (tertiary/aromatic N) is 2. The average Bonchev–Trinajstić information content (AvgIpc) is 3.32. The summed E-state index contributed by atoms with van der Waals surface area (Å²) in [6.45, 7) is 8.46. The number of benzene rings is 1. The van der Waals surface area contributed by atoms with Crippen molar-refractivity contribution in [2.24, 2.45) is 5.92 Å². The minimum Gasteiger partial charge on any atom is -0.324 e. The minimum absolute atomic E-state index is 0. The van der Waals surface area contributed by atoms with E-state index in [1.165, 1.54) is 18.4 Å². The fourth-order valence-electron chi connectivity index (χ4n) is 2.67. The van der Waals surface area contributed by atoms with Crippen LogP contribution in [0.3, 0.4) is 0 Å². The van der Waals surface area contributed by atoms with Crippen LogP contribution in [0.5, 0.6) is 0 Å². The van der Waals surface area contributed by atoms with Crippen LogP contribution >= 0.6 is 24.0 Å². The van der Waals surface area contributed by atoms with Crippen LogP contribution in [0.4, 0.5) is 11.6 Å². The molecule has 1 aromatic heterocycles. The number of rotatable bonds is 6. The van der Waals surface area contributed by atoms with Crippen molar-refractivity contribution < 1.29 is 0 Å². The largest absolute Gasteiger partial charge is 0.324 e. The lowest BCUT2D eigenvalue weighted by molar-refractivity contribution is 0.547. The Morgan fingerprint density at radius 2 is 2.00 bits per heavy atom. The Morgan fingerprint density at radius 1 is 1.24 bits per heavy atom. The molecule has 3 rings (SSSR count). The summed E-state index contributed by atoms with van der Waals surface area (Å²) in [7, 11) is 0. The lowest BCUT2D eigenvalue weighted by atomic mass is 9.89. The quantitative estimate of drug-likeness (QED) is 0.732. The molecule has 0 bridgehead atoms. The molecule has 0 saturated heterocycles. The van der Waals surface area contributed by atoms with Crippen molar-refractivity contribution >= 4 is 35.6 Å². The molecule has 2 N–H and O–H groups in total. The summed E-state index contributed by atoms with van der Waals surface area (Å²) in [5, 5.41) is 7.47. The van der Waals surface area contributed by atoms with E-state index in [0.717, 1.165) is 30.4 Å². The number of anilines is 2. The molecule has 1 aromatic carbocycles. The number of hydrogen-bond acceptors (Lipinski definition) is 4. The van der Waals surface area contributed by atoms with Gasteiger partial charge in [0.2, 0.25) is 5.95 Å². The first kappa shape index (κ1) is 20.0. The maximum absolute atomic E-state index is 6.04. The Bertz CT molecular complexity index is 709. The zero-order chi connectivity index (χ0) is 17.2. The molecule has 0 aliphatic heterocycles. The Morgan fingerprint density at radius 3 is 2.64 bits per heavy atom. The van der Waals surface area contributed by atoms with Crippen molar-refractivity contribution in [2.45, 2.75) is 45.6 Å².